The van der Waals surface area contributed by atoms with Crippen LogP contribution in [0.25, 0.3) is 0 Å². The second-order valence-electron chi connectivity index (χ2n) is 8.36. The third kappa shape index (κ3) is 5.75. The maximum Gasteiger partial charge on any atom is 0.416 e. The molecule has 2 N–H and O–H groups in total. The average molecular weight is 539 g/mol. The minimum absolute atomic E-state index is 0.0619. The molecule has 7 nitrogen and oxygen atoms in total. The van der Waals surface area contributed by atoms with Gasteiger partial charge in [-0.3, -0.25) is 9.36 Å². The van der Waals surface area contributed by atoms with E-state index in [1.807, 2.05) is 19.0 Å². The van der Waals surface area contributed by atoms with Crippen molar-refractivity contribution in [1.82, 2.24) is 4.67 Å². The number of alkyl halides is 3. The Morgan fingerprint density at radius 2 is 1.83 bits per heavy atom. The first-order valence-electron chi connectivity index (χ1n) is 11.1. The Kier molecular flexibility index (Phi) is 7.75. The fourth-order valence-electron chi connectivity index (χ4n) is 3.82. The lowest BCUT2D eigenvalue weighted by atomic mass is 10.2. The van der Waals surface area contributed by atoms with Crippen LogP contribution in [0, 0.1) is 0 Å². The molecule has 1 fully saturated rings. The third-order valence-electron chi connectivity index (χ3n) is 5.67. The van der Waals surface area contributed by atoms with Gasteiger partial charge in [-0.05, 0) is 47.8 Å². The van der Waals surface area contributed by atoms with Crippen molar-refractivity contribution < 1.29 is 27.3 Å². The van der Waals surface area contributed by atoms with E-state index in [0.29, 0.717) is 36.9 Å². The van der Waals surface area contributed by atoms with E-state index in [1.165, 1.54) is 23.5 Å². The van der Waals surface area contributed by atoms with Crippen LogP contribution in [0.3, 0.4) is 0 Å². The lowest BCUT2D eigenvalue weighted by Crippen LogP contribution is -2.39. The summed E-state index contributed by atoms with van der Waals surface area (Å²) in [5.74, 6) is -0.366. The van der Waals surface area contributed by atoms with Crippen LogP contribution in [0.2, 0.25) is 0 Å². The van der Waals surface area contributed by atoms with E-state index < -0.39 is 19.2 Å². The zero-order valence-corrected chi connectivity index (χ0v) is 21.4. The number of hydrogen-bond acceptors (Lipinski definition) is 5. The zero-order valence-electron chi connectivity index (χ0n) is 19.7. The van der Waals surface area contributed by atoms with Crippen molar-refractivity contribution in [1.29, 1.82) is 0 Å². The maximum atomic E-state index is 14.8. The molecule has 1 unspecified atom stereocenters. The number of amides is 1. The number of rotatable bonds is 7. The van der Waals surface area contributed by atoms with Crippen LogP contribution < -0.4 is 20.6 Å². The second-order valence-corrected chi connectivity index (χ2v) is 11.7. The Labute approximate surface area is 211 Å². The molecule has 36 heavy (non-hydrogen) atoms. The summed E-state index contributed by atoms with van der Waals surface area (Å²) in [4.78, 5) is 15.3. The Balaban J connectivity index is 1.81. The van der Waals surface area contributed by atoms with Gasteiger partial charge in [0.2, 0.25) is 0 Å². The molecule has 1 saturated heterocycles. The Hall–Kier alpha value is -2.85. The van der Waals surface area contributed by atoms with Gasteiger partial charge in [-0.15, -0.1) is 11.3 Å². The van der Waals surface area contributed by atoms with Gasteiger partial charge in [-0.25, -0.2) is 4.67 Å². The highest BCUT2D eigenvalue weighted by atomic mass is 32.1. The molecule has 2 aromatic carbocycles. The van der Waals surface area contributed by atoms with Crippen molar-refractivity contribution in [3.8, 4) is 0 Å². The molecule has 0 radical (unpaired) electrons. The lowest BCUT2D eigenvalue weighted by Gasteiger charge is -2.36. The van der Waals surface area contributed by atoms with Crippen LogP contribution >= 0.6 is 18.8 Å². The fraction of sp³-hybridized carbons (Fsp3) is 0.292. The Morgan fingerprint density at radius 3 is 2.47 bits per heavy atom. The molecule has 1 aliphatic rings. The van der Waals surface area contributed by atoms with Crippen molar-refractivity contribution >= 4 is 47.1 Å². The predicted molar refractivity (Wildman–Crippen MR) is 138 cm³/mol. The number of halogens is 3. The predicted octanol–water partition coefficient (Wildman–Crippen LogP) is 5.35. The molecule has 3 aromatic rings. The quantitative estimate of drug-likeness (QED) is 0.396. The molecule has 0 spiro atoms. The average Bonchev–Trinajstić information content (AvgIpc) is 3.39. The molecule has 0 aliphatic carbocycles. The standard InChI is InChI=1S/C24H26F3N4O3PS/c1-30(2)19-8-9-21(20(16-19)28-23(32)22-7-4-14-36-22)35(33,31-10-12-34-13-11-31)29-18-6-3-5-17(15-18)24(25,26)27/h3-9,14-16H,10-13H2,1-2H3,(H,28,32)(H,29,33). The monoisotopic (exact) mass is 538 g/mol. The Morgan fingerprint density at radius 1 is 1.08 bits per heavy atom. The van der Waals surface area contributed by atoms with E-state index in [2.05, 4.69) is 10.4 Å². The van der Waals surface area contributed by atoms with Crippen LogP contribution in [0.5, 0.6) is 0 Å². The minimum Gasteiger partial charge on any atom is -0.379 e. The molecule has 12 heteroatoms. The number of carbonyl (C=O) groups is 1. The van der Waals surface area contributed by atoms with Gasteiger partial charge in [0, 0.05) is 38.6 Å². The molecular formula is C24H26F3N4O3PS. The molecule has 1 aliphatic heterocycles. The van der Waals surface area contributed by atoms with Gasteiger partial charge in [-0.2, -0.15) is 13.2 Å². The number of hydrogen-bond donors (Lipinski definition) is 2. The first kappa shape index (κ1) is 26.2. The number of ether oxygens (including phenoxy) is 1. The molecule has 1 amide bonds. The number of carbonyl (C=O) groups excluding carboxylic acids is 1. The summed E-state index contributed by atoms with van der Waals surface area (Å²) >= 11 is 1.27. The number of thiophene rings is 1. The van der Waals surface area contributed by atoms with Crippen LogP contribution in [0.4, 0.5) is 30.2 Å². The van der Waals surface area contributed by atoms with Crippen LogP contribution in [-0.2, 0) is 15.5 Å². The van der Waals surface area contributed by atoms with Crippen molar-refractivity contribution in [3.05, 3.63) is 70.4 Å². The van der Waals surface area contributed by atoms with E-state index in [4.69, 9.17) is 4.74 Å². The molecule has 0 saturated carbocycles. The van der Waals surface area contributed by atoms with Crippen LogP contribution in [-0.4, -0.2) is 51.0 Å². The fourth-order valence-corrected chi connectivity index (χ4v) is 6.94. The van der Waals surface area contributed by atoms with Crippen molar-refractivity contribution in [2.75, 3.05) is 55.7 Å². The number of anilines is 3. The number of nitrogens with one attached hydrogen (secondary N) is 2. The van der Waals surface area contributed by atoms with Gasteiger partial charge in [0.15, 0.2) is 0 Å². The number of morpholine rings is 1. The van der Waals surface area contributed by atoms with Gasteiger partial charge in [0.25, 0.3) is 13.4 Å². The van der Waals surface area contributed by atoms with Gasteiger partial charge in [0.1, 0.15) is 0 Å². The largest absolute Gasteiger partial charge is 0.416 e. The molecule has 1 atom stereocenters. The van der Waals surface area contributed by atoms with Crippen LogP contribution in [0.1, 0.15) is 15.2 Å². The van der Waals surface area contributed by atoms with Gasteiger partial charge in [-0.1, -0.05) is 12.1 Å². The SMILES string of the molecule is CN(C)c1ccc(P(=O)(Nc2cccc(C(F)(F)F)c2)N2CCOCC2)c(NC(=O)c2cccs2)c1. The van der Waals surface area contributed by atoms with Gasteiger partial charge >= 0.3 is 6.18 Å². The van der Waals surface area contributed by atoms with Crippen LogP contribution in [0.15, 0.2) is 60.0 Å². The summed E-state index contributed by atoms with van der Waals surface area (Å²) in [6.07, 6.45) is -4.55. The number of nitrogens with zero attached hydrogens (tertiary/aromatic N) is 2. The van der Waals surface area contributed by atoms with Gasteiger partial charge < -0.3 is 20.0 Å². The molecular weight excluding hydrogens is 512 g/mol. The minimum atomic E-state index is -4.55. The van der Waals surface area contributed by atoms with E-state index >= 15 is 0 Å². The molecule has 0 bridgehead atoms. The summed E-state index contributed by atoms with van der Waals surface area (Å²) in [5, 5.41) is 7.85. The molecule has 4 rings (SSSR count). The zero-order chi connectivity index (χ0) is 25.9. The van der Waals surface area contributed by atoms with E-state index in [-0.39, 0.29) is 16.9 Å². The maximum absolute atomic E-state index is 14.8. The van der Waals surface area contributed by atoms with E-state index in [0.717, 1.165) is 17.8 Å². The summed E-state index contributed by atoms with van der Waals surface area (Å²) in [6.45, 7) is 1.25. The smallest absolute Gasteiger partial charge is 0.379 e. The van der Waals surface area contributed by atoms with E-state index in [9.17, 15) is 22.5 Å². The van der Waals surface area contributed by atoms with Gasteiger partial charge in [0.05, 0.1) is 34.6 Å². The number of benzene rings is 2. The highest BCUT2D eigenvalue weighted by Gasteiger charge is 2.38. The van der Waals surface area contributed by atoms with Crippen molar-refractivity contribution in [2.24, 2.45) is 0 Å². The first-order valence-corrected chi connectivity index (χ1v) is 13.7. The summed E-state index contributed by atoms with van der Waals surface area (Å²) < 4.78 is 62.0. The second kappa shape index (κ2) is 10.6. The summed E-state index contributed by atoms with van der Waals surface area (Å²) in [7, 11) is -0.0845. The highest BCUT2D eigenvalue weighted by Crippen LogP contribution is 2.51. The summed E-state index contributed by atoms with van der Waals surface area (Å²) in [5.41, 5.74) is 0.281. The van der Waals surface area contributed by atoms with Crippen molar-refractivity contribution in [2.45, 2.75) is 6.18 Å². The third-order valence-corrected chi connectivity index (χ3v) is 9.34. The normalized spacial score (nSPS) is 16.2. The topological polar surface area (TPSA) is 73.9 Å². The first-order chi connectivity index (χ1) is 17.1. The van der Waals surface area contributed by atoms with Crippen molar-refractivity contribution in [3.63, 3.8) is 0 Å². The molecule has 192 valence electrons. The Bertz CT molecular complexity index is 1260. The summed E-state index contributed by atoms with van der Waals surface area (Å²) in [6, 6.07) is 13.2. The lowest BCUT2D eigenvalue weighted by molar-refractivity contribution is -0.137. The molecule has 1 aromatic heterocycles. The highest BCUT2D eigenvalue weighted by molar-refractivity contribution is 7.71. The molecule has 2 heterocycles. The van der Waals surface area contributed by atoms with E-state index in [1.54, 1.807) is 40.4 Å².